The molecule has 1 unspecified atom stereocenters. The molecule has 25 heavy (non-hydrogen) atoms. The number of nitrogens with one attached hydrogen (secondary N) is 1. The molecule has 0 aliphatic heterocycles. The molecule has 0 radical (unpaired) electrons. The summed E-state index contributed by atoms with van der Waals surface area (Å²) in [5.41, 5.74) is 2.32. The van der Waals surface area contributed by atoms with Gasteiger partial charge in [0.05, 0.1) is 15.8 Å². The molecule has 1 aromatic carbocycles. The molecule has 0 spiro atoms. The molecule has 3 rings (SSSR count). The standard InChI is InChI=1S/C19H24IN5/c1-3-24(4-2)12-10-17(15-8-6-5-7-9-15)23-19-18-16(20)14-22-25(18)13-11-21-19/h5-9,11,13-14,17H,3-4,10,12H2,1-2H3,(H,21,23). The third-order valence-electron chi connectivity index (χ3n) is 4.53. The van der Waals surface area contributed by atoms with Crippen LogP contribution in [0.15, 0.2) is 48.9 Å². The molecule has 2 heterocycles. The molecule has 1 N–H and O–H groups in total. The number of halogens is 1. The Hall–Kier alpha value is -1.67. The highest BCUT2D eigenvalue weighted by atomic mass is 127. The Bertz CT molecular complexity index is 798. The average Bonchev–Trinajstić information content (AvgIpc) is 3.04. The van der Waals surface area contributed by atoms with Gasteiger partial charge >= 0.3 is 0 Å². The first-order chi connectivity index (χ1) is 12.2. The Morgan fingerprint density at radius 3 is 2.68 bits per heavy atom. The number of hydrogen-bond donors (Lipinski definition) is 1. The fourth-order valence-electron chi connectivity index (χ4n) is 3.04. The van der Waals surface area contributed by atoms with E-state index in [-0.39, 0.29) is 6.04 Å². The van der Waals surface area contributed by atoms with Gasteiger partial charge in [0.2, 0.25) is 0 Å². The molecule has 5 nitrogen and oxygen atoms in total. The van der Waals surface area contributed by atoms with Crippen LogP contribution in [0.3, 0.4) is 0 Å². The van der Waals surface area contributed by atoms with Crippen molar-refractivity contribution in [1.82, 2.24) is 19.5 Å². The molecule has 6 heteroatoms. The molecular formula is C19H24IN5. The van der Waals surface area contributed by atoms with Gasteiger partial charge < -0.3 is 10.2 Å². The zero-order chi connectivity index (χ0) is 17.6. The van der Waals surface area contributed by atoms with Crippen LogP contribution >= 0.6 is 22.6 Å². The lowest BCUT2D eigenvalue weighted by atomic mass is 10.0. The lowest BCUT2D eigenvalue weighted by Crippen LogP contribution is -2.27. The molecule has 0 saturated heterocycles. The second-order valence-corrected chi connectivity index (χ2v) is 7.15. The van der Waals surface area contributed by atoms with Gasteiger partial charge in [0.1, 0.15) is 5.52 Å². The number of fused-ring (bicyclic) bond motifs is 1. The van der Waals surface area contributed by atoms with Crippen molar-refractivity contribution in [3.8, 4) is 0 Å². The number of anilines is 1. The van der Waals surface area contributed by atoms with E-state index in [2.05, 4.69) is 87.1 Å². The van der Waals surface area contributed by atoms with E-state index < -0.39 is 0 Å². The fourth-order valence-corrected chi connectivity index (χ4v) is 3.66. The van der Waals surface area contributed by atoms with E-state index in [1.54, 1.807) is 6.20 Å². The second kappa shape index (κ2) is 8.62. The van der Waals surface area contributed by atoms with Crippen molar-refractivity contribution < 1.29 is 0 Å². The van der Waals surface area contributed by atoms with E-state index in [0.717, 1.165) is 41.0 Å². The maximum Gasteiger partial charge on any atom is 0.153 e. The maximum absolute atomic E-state index is 4.58. The Balaban J connectivity index is 1.87. The van der Waals surface area contributed by atoms with E-state index >= 15 is 0 Å². The Morgan fingerprint density at radius 1 is 1.20 bits per heavy atom. The second-order valence-electron chi connectivity index (χ2n) is 5.98. The zero-order valence-electron chi connectivity index (χ0n) is 14.7. The zero-order valence-corrected chi connectivity index (χ0v) is 16.8. The molecule has 0 aliphatic rings. The highest BCUT2D eigenvalue weighted by Gasteiger charge is 2.16. The summed E-state index contributed by atoms with van der Waals surface area (Å²) in [6.45, 7) is 7.63. The van der Waals surface area contributed by atoms with Gasteiger partial charge in [-0.25, -0.2) is 9.50 Å². The monoisotopic (exact) mass is 449 g/mol. The molecule has 2 aromatic heterocycles. The topological polar surface area (TPSA) is 45.5 Å². The highest BCUT2D eigenvalue weighted by molar-refractivity contribution is 14.1. The van der Waals surface area contributed by atoms with Gasteiger partial charge in [-0.05, 0) is 47.7 Å². The summed E-state index contributed by atoms with van der Waals surface area (Å²) in [5.74, 6) is 0.887. The van der Waals surface area contributed by atoms with E-state index in [4.69, 9.17) is 0 Å². The number of hydrogen-bond acceptors (Lipinski definition) is 4. The van der Waals surface area contributed by atoms with Gasteiger partial charge in [0.15, 0.2) is 5.82 Å². The molecule has 0 aliphatic carbocycles. The summed E-state index contributed by atoms with van der Waals surface area (Å²) in [6.07, 6.45) is 6.58. The van der Waals surface area contributed by atoms with Crippen LogP contribution in [-0.4, -0.2) is 39.1 Å². The lowest BCUT2D eigenvalue weighted by molar-refractivity contribution is 0.293. The van der Waals surface area contributed by atoms with Crippen molar-refractivity contribution in [2.75, 3.05) is 25.0 Å². The van der Waals surface area contributed by atoms with Gasteiger partial charge in [-0.1, -0.05) is 44.2 Å². The minimum Gasteiger partial charge on any atom is -0.361 e. The molecule has 132 valence electrons. The largest absolute Gasteiger partial charge is 0.361 e. The van der Waals surface area contributed by atoms with E-state index in [0.29, 0.717) is 0 Å². The number of benzene rings is 1. The highest BCUT2D eigenvalue weighted by Crippen LogP contribution is 2.26. The predicted octanol–water partition coefficient (Wildman–Crippen LogP) is 4.22. The first-order valence-corrected chi connectivity index (χ1v) is 9.82. The third-order valence-corrected chi connectivity index (χ3v) is 5.32. The summed E-state index contributed by atoms with van der Waals surface area (Å²) in [7, 11) is 0. The van der Waals surface area contributed by atoms with E-state index in [9.17, 15) is 0 Å². The Morgan fingerprint density at radius 2 is 1.96 bits per heavy atom. The average molecular weight is 449 g/mol. The van der Waals surface area contributed by atoms with Crippen molar-refractivity contribution in [3.63, 3.8) is 0 Å². The van der Waals surface area contributed by atoms with Crippen LogP contribution in [0.4, 0.5) is 5.82 Å². The van der Waals surface area contributed by atoms with Crippen LogP contribution in [0.25, 0.3) is 5.52 Å². The van der Waals surface area contributed by atoms with Crippen molar-refractivity contribution in [3.05, 3.63) is 58.1 Å². The van der Waals surface area contributed by atoms with Gasteiger partial charge in [-0.2, -0.15) is 5.10 Å². The van der Waals surface area contributed by atoms with Crippen molar-refractivity contribution >= 4 is 33.9 Å². The van der Waals surface area contributed by atoms with Gasteiger partial charge in [-0.3, -0.25) is 0 Å². The molecule has 1 atom stereocenters. The fraction of sp³-hybridized carbons (Fsp3) is 0.368. The first kappa shape index (κ1) is 18.1. The van der Waals surface area contributed by atoms with Gasteiger partial charge in [0.25, 0.3) is 0 Å². The predicted molar refractivity (Wildman–Crippen MR) is 111 cm³/mol. The first-order valence-electron chi connectivity index (χ1n) is 8.74. The van der Waals surface area contributed by atoms with Crippen LogP contribution in [0.2, 0.25) is 0 Å². The van der Waals surface area contributed by atoms with Crippen LogP contribution in [-0.2, 0) is 0 Å². The summed E-state index contributed by atoms with van der Waals surface area (Å²) in [6, 6.07) is 10.8. The lowest BCUT2D eigenvalue weighted by Gasteiger charge is -2.24. The summed E-state index contributed by atoms with van der Waals surface area (Å²) >= 11 is 2.31. The van der Waals surface area contributed by atoms with Crippen LogP contribution in [0, 0.1) is 3.57 Å². The van der Waals surface area contributed by atoms with Crippen molar-refractivity contribution in [2.24, 2.45) is 0 Å². The summed E-state index contributed by atoms with van der Waals surface area (Å²) in [4.78, 5) is 7.03. The Kier molecular flexibility index (Phi) is 6.25. The minimum atomic E-state index is 0.214. The Labute approximate surface area is 162 Å². The number of nitrogens with zero attached hydrogens (tertiary/aromatic N) is 4. The van der Waals surface area contributed by atoms with Crippen molar-refractivity contribution in [1.29, 1.82) is 0 Å². The SMILES string of the molecule is CCN(CC)CCC(Nc1nccn2ncc(I)c12)c1ccccc1. The van der Waals surface area contributed by atoms with Crippen LogP contribution < -0.4 is 5.32 Å². The van der Waals surface area contributed by atoms with Gasteiger partial charge in [-0.15, -0.1) is 0 Å². The quantitative estimate of drug-likeness (QED) is 0.524. The normalized spacial score (nSPS) is 12.6. The van der Waals surface area contributed by atoms with E-state index in [1.807, 2.05) is 16.9 Å². The number of rotatable bonds is 8. The number of aromatic nitrogens is 3. The van der Waals surface area contributed by atoms with Crippen LogP contribution in [0.1, 0.15) is 31.9 Å². The molecule has 3 aromatic rings. The molecule has 0 bridgehead atoms. The van der Waals surface area contributed by atoms with E-state index in [1.165, 1.54) is 5.56 Å². The van der Waals surface area contributed by atoms with Crippen LogP contribution in [0.5, 0.6) is 0 Å². The van der Waals surface area contributed by atoms with Gasteiger partial charge in [0, 0.05) is 18.9 Å². The maximum atomic E-state index is 4.58. The summed E-state index contributed by atoms with van der Waals surface area (Å²) < 4.78 is 2.98. The third kappa shape index (κ3) is 4.30. The molecular weight excluding hydrogens is 425 g/mol. The van der Waals surface area contributed by atoms with Crippen molar-refractivity contribution in [2.45, 2.75) is 26.3 Å². The summed E-state index contributed by atoms with van der Waals surface area (Å²) in [5, 5.41) is 8.05. The molecule has 0 saturated carbocycles. The molecule has 0 fully saturated rings. The minimum absolute atomic E-state index is 0.214. The smallest absolute Gasteiger partial charge is 0.153 e. The molecule has 0 amide bonds.